The van der Waals surface area contributed by atoms with Gasteiger partial charge in [0, 0.05) is 24.1 Å². The van der Waals surface area contributed by atoms with Crippen LogP contribution in [-0.4, -0.2) is 19.3 Å². The molecule has 1 aromatic heterocycles. The van der Waals surface area contributed by atoms with Crippen molar-refractivity contribution in [3.8, 4) is 0 Å². The summed E-state index contributed by atoms with van der Waals surface area (Å²) in [5.41, 5.74) is 1.54. The van der Waals surface area contributed by atoms with Gasteiger partial charge >= 0.3 is 0 Å². The van der Waals surface area contributed by atoms with E-state index in [-0.39, 0.29) is 0 Å². The zero-order chi connectivity index (χ0) is 13.2. The largest absolute Gasteiger partial charge is 0.378 e. The van der Waals surface area contributed by atoms with Crippen molar-refractivity contribution in [3.63, 3.8) is 0 Å². The molecule has 2 nitrogen and oxygen atoms in total. The minimum absolute atomic E-state index is 0.477. The molecule has 2 aliphatic rings. The Bertz CT molecular complexity index is 434. The van der Waals surface area contributed by atoms with Gasteiger partial charge in [0.2, 0.25) is 0 Å². The maximum Gasteiger partial charge on any atom is 0.0704 e. The standard InChI is InChI=1S/C15H22BrNOS/c1-2-13-10(6-7-18-13)9-17-12-4-3-5-14-11(12)8-15(16)19-14/h8,10,12-13,17H,2-7,9H2,1H3. The number of hydrogen-bond donors (Lipinski definition) is 1. The van der Waals surface area contributed by atoms with E-state index in [9.17, 15) is 0 Å². The summed E-state index contributed by atoms with van der Waals surface area (Å²) in [5, 5.41) is 3.80. The molecule has 0 aromatic carbocycles. The summed E-state index contributed by atoms with van der Waals surface area (Å²) in [6.45, 7) is 4.29. The minimum Gasteiger partial charge on any atom is -0.378 e. The van der Waals surface area contributed by atoms with Crippen LogP contribution in [-0.2, 0) is 11.2 Å². The van der Waals surface area contributed by atoms with Crippen LogP contribution >= 0.6 is 27.3 Å². The van der Waals surface area contributed by atoms with E-state index in [2.05, 4.69) is 34.2 Å². The third-order valence-corrected chi connectivity index (χ3v) is 6.17. The summed E-state index contributed by atoms with van der Waals surface area (Å²) in [7, 11) is 0. The normalized spacial score (nSPS) is 30.5. The topological polar surface area (TPSA) is 21.3 Å². The van der Waals surface area contributed by atoms with E-state index in [1.54, 1.807) is 4.88 Å². The molecule has 1 aliphatic carbocycles. The van der Waals surface area contributed by atoms with E-state index in [1.807, 2.05) is 11.3 Å². The molecule has 106 valence electrons. The monoisotopic (exact) mass is 343 g/mol. The van der Waals surface area contributed by atoms with Crippen molar-refractivity contribution in [2.45, 2.75) is 51.2 Å². The van der Waals surface area contributed by atoms with Gasteiger partial charge in [0.15, 0.2) is 0 Å². The van der Waals surface area contributed by atoms with Gasteiger partial charge in [-0.3, -0.25) is 0 Å². The van der Waals surface area contributed by atoms with Gasteiger partial charge in [-0.1, -0.05) is 6.92 Å². The molecule has 1 N–H and O–H groups in total. The van der Waals surface area contributed by atoms with E-state index >= 15 is 0 Å². The average Bonchev–Trinajstić information content (AvgIpc) is 3.00. The molecule has 0 spiro atoms. The third-order valence-electron chi connectivity index (χ3n) is 4.46. The molecule has 3 rings (SSSR count). The van der Waals surface area contributed by atoms with Crippen LogP contribution in [0.5, 0.6) is 0 Å². The highest BCUT2D eigenvalue weighted by atomic mass is 79.9. The molecule has 19 heavy (non-hydrogen) atoms. The highest BCUT2D eigenvalue weighted by molar-refractivity contribution is 9.11. The molecular formula is C15H22BrNOS. The lowest BCUT2D eigenvalue weighted by molar-refractivity contribution is 0.0864. The Hall–Kier alpha value is 0.100. The van der Waals surface area contributed by atoms with Crippen molar-refractivity contribution >= 4 is 27.3 Å². The number of halogens is 1. The molecule has 0 saturated carbocycles. The fourth-order valence-corrected chi connectivity index (χ4v) is 5.22. The van der Waals surface area contributed by atoms with Crippen LogP contribution in [0.2, 0.25) is 0 Å². The molecule has 2 heterocycles. The van der Waals surface area contributed by atoms with Crippen LogP contribution < -0.4 is 5.32 Å². The fraction of sp³-hybridized carbons (Fsp3) is 0.733. The predicted octanol–water partition coefficient (Wildman–Crippen LogP) is 4.29. The predicted molar refractivity (Wildman–Crippen MR) is 83.8 cm³/mol. The summed E-state index contributed by atoms with van der Waals surface area (Å²) in [5.74, 6) is 0.706. The SMILES string of the molecule is CCC1OCCC1CNC1CCCc2sc(Br)cc21. The van der Waals surface area contributed by atoms with Crippen LogP contribution in [0.4, 0.5) is 0 Å². The zero-order valence-electron chi connectivity index (χ0n) is 11.5. The first-order chi connectivity index (χ1) is 9.28. The second kappa shape index (κ2) is 6.25. The summed E-state index contributed by atoms with van der Waals surface area (Å²) < 4.78 is 7.06. The van der Waals surface area contributed by atoms with Crippen molar-refractivity contribution in [2.24, 2.45) is 5.92 Å². The number of aryl methyl sites for hydroxylation is 1. The number of ether oxygens (including phenoxy) is 1. The Morgan fingerprint density at radius 1 is 1.47 bits per heavy atom. The van der Waals surface area contributed by atoms with Crippen LogP contribution in [0.15, 0.2) is 9.85 Å². The first kappa shape index (κ1) is 14.1. The van der Waals surface area contributed by atoms with Crippen molar-refractivity contribution in [2.75, 3.05) is 13.2 Å². The van der Waals surface area contributed by atoms with E-state index < -0.39 is 0 Å². The average molecular weight is 344 g/mol. The summed E-state index contributed by atoms with van der Waals surface area (Å²) >= 11 is 5.54. The van der Waals surface area contributed by atoms with Gasteiger partial charge in [0.25, 0.3) is 0 Å². The van der Waals surface area contributed by atoms with Gasteiger partial charge in [0.05, 0.1) is 9.89 Å². The van der Waals surface area contributed by atoms with Crippen molar-refractivity contribution in [1.82, 2.24) is 5.32 Å². The number of nitrogens with one attached hydrogen (secondary N) is 1. The molecule has 3 unspecified atom stereocenters. The van der Waals surface area contributed by atoms with Crippen molar-refractivity contribution < 1.29 is 4.74 Å². The second-order valence-corrected chi connectivity index (χ2v) is 8.16. The third kappa shape index (κ3) is 3.07. The zero-order valence-corrected chi connectivity index (χ0v) is 13.9. The van der Waals surface area contributed by atoms with Gasteiger partial charge in [-0.05, 0) is 65.6 Å². The second-order valence-electron chi connectivity index (χ2n) is 5.65. The van der Waals surface area contributed by atoms with Gasteiger partial charge < -0.3 is 10.1 Å². The maximum absolute atomic E-state index is 5.78. The lowest BCUT2D eigenvalue weighted by atomic mass is 9.92. The quantitative estimate of drug-likeness (QED) is 0.880. The summed E-state index contributed by atoms with van der Waals surface area (Å²) in [6, 6.07) is 2.88. The first-order valence-corrected chi connectivity index (χ1v) is 9.02. The number of hydrogen-bond acceptors (Lipinski definition) is 3. The van der Waals surface area contributed by atoms with E-state index in [1.165, 1.54) is 35.0 Å². The van der Waals surface area contributed by atoms with E-state index in [0.29, 0.717) is 18.1 Å². The molecule has 1 aliphatic heterocycles. The lowest BCUT2D eigenvalue weighted by Crippen LogP contribution is -2.32. The Morgan fingerprint density at radius 3 is 3.21 bits per heavy atom. The van der Waals surface area contributed by atoms with Gasteiger partial charge in [-0.25, -0.2) is 0 Å². The van der Waals surface area contributed by atoms with Gasteiger partial charge in [-0.15, -0.1) is 11.3 Å². The molecule has 1 fully saturated rings. The van der Waals surface area contributed by atoms with Crippen LogP contribution in [0.25, 0.3) is 0 Å². The van der Waals surface area contributed by atoms with E-state index in [0.717, 1.165) is 19.6 Å². The molecule has 0 radical (unpaired) electrons. The Balaban J connectivity index is 1.61. The van der Waals surface area contributed by atoms with E-state index in [4.69, 9.17) is 4.74 Å². The van der Waals surface area contributed by atoms with Crippen LogP contribution in [0, 0.1) is 5.92 Å². The number of rotatable bonds is 4. The van der Waals surface area contributed by atoms with Gasteiger partial charge in [0.1, 0.15) is 0 Å². The molecule has 0 bridgehead atoms. The molecule has 1 saturated heterocycles. The van der Waals surface area contributed by atoms with Crippen molar-refractivity contribution in [3.05, 3.63) is 20.3 Å². The Labute approximate surface area is 128 Å². The number of fused-ring (bicyclic) bond motifs is 1. The first-order valence-electron chi connectivity index (χ1n) is 7.41. The molecule has 0 amide bonds. The summed E-state index contributed by atoms with van der Waals surface area (Å²) in [6.07, 6.45) is 6.69. The highest BCUT2D eigenvalue weighted by Crippen LogP contribution is 2.38. The smallest absolute Gasteiger partial charge is 0.0704 e. The van der Waals surface area contributed by atoms with Gasteiger partial charge in [-0.2, -0.15) is 0 Å². The maximum atomic E-state index is 5.78. The van der Waals surface area contributed by atoms with Crippen LogP contribution in [0.3, 0.4) is 0 Å². The molecule has 4 heteroatoms. The Kier molecular flexibility index (Phi) is 4.62. The lowest BCUT2D eigenvalue weighted by Gasteiger charge is -2.26. The number of thiophene rings is 1. The molecule has 3 atom stereocenters. The Morgan fingerprint density at radius 2 is 2.37 bits per heavy atom. The van der Waals surface area contributed by atoms with Crippen LogP contribution in [0.1, 0.15) is 49.1 Å². The fourth-order valence-electron chi connectivity index (χ4n) is 3.40. The van der Waals surface area contributed by atoms with Crippen molar-refractivity contribution in [1.29, 1.82) is 0 Å². The summed E-state index contributed by atoms with van der Waals surface area (Å²) in [4.78, 5) is 1.57. The minimum atomic E-state index is 0.477. The molecule has 1 aromatic rings. The molecular weight excluding hydrogens is 322 g/mol. The highest BCUT2D eigenvalue weighted by Gasteiger charge is 2.28.